The lowest BCUT2D eigenvalue weighted by atomic mass is 10.1. The van der Waals surface area contributed by atoms with E-state index >= 15 is 0 Å². The molecule has 0 aliphatic heterocycles. The van der Waals surface area contributed by atoms with Gasteiger partial charge in [-0.05, 0) is 48.4 Å². The van der Waals surface area contributed by atoms with E-state index in [1.807, 2.05) is 42.5 Å². The summed E-state index contributed by atoms with van der Waals surface area (Å²) in [5, 5.41) is 15.5. The van der Waals surface area contributed by atoms with Gasteiger partial charge in [0.05, 0.1) is 31.6 Å². The first-order valence-electron chi connectivity index (χ1n) is 9.70. The standard InChI is InChI=1S/C23H22ClN5O2/c1-31-21-6-2-16(3-7-21)13-26-9-8-17-4-5-18(10-22(17)24)29-23(30)11-19-14-28-20(12-25)15-27-19/h2-7,10,14-15,26H,8-9,11,13H2,1H3,(H,29,30). The third-order valence-electron chi connectivity index (χ3n) is 4.56. The maximum Gasteiger partial charge on any atom is 0.230 e. The fourth-order valence-corrected chi connectivity index (χ4v) is 3.18. The minimum absolute atomic E-state index is 0.0629. The summed E-state index contributed by atoms with van der Waals surface area (Å²) in [4.78, 5) is 20.2. The maximum absolute atomic E-state index is 12.2. The van der Waals surface area contributed by atoms with Crippen molar-refractivity contribution in [2.45, 2.75) is 19.4 Å². The van der Waals surface area contributed by atoms with Gasteiger partial charge in [-0.3, -0.25) is 9.78 Å². The van der Waals surface area contributed by atoms with Crippen molar-refractivity contribution in [2.75, 3.05) is 19.0 Å². The van der Waals surface area contributed by atoms with Crippen LogP contribution < -0.4 is 15.4 Å². The molecule has 0 bridgehead atoms. The molecule has 0 aliphatic carbocycles. The lowest BCUT2D eigenvalue weighted by molar-refractivity contribution is -0.115. The predicted octanol–water partition coefficient (Wildman–Crippen LogP) is 3.52. The third kappa shape index (κ3) is 6.78. The number of rotatable bonds is 9. The van der Waals surface area contributed by atoms with Gasteiger partial charge < -0.3 is 15.4 Å². The van der Waals surface area contributed by atoms with Crippen molar-refractivity contribution < 1.29 is 9.53 Å². The van der Waals surface area contributed by atoms with E-state index in [1.165, 1.54) is 18.0 Å². The number of nitriles is 1. The van der Waals surface area contributed by atoms with Crippen LogP contribution in [0.15, 0.2) is 54.9 Å². The van der Waals surface area contributed by atoms with Gasteiger partial charge in [-0.2, -0.15) is 5.26 Å². The molecule has 2 aromatic carbocycles. The zero-order valence-corrected chi connectivity index (χ0v) is 17.8. The Kier molecular flexibility index (Phi) is 7.93. The van der Waals surface area contributed by atoms with Crippen LogP contribution in [0.1, 0.15) is 22.5 Å². The second-order valence-electron chi connectivity index (χ2n) is 6.81. The van der Waals surface area contributed by atoms with E-state index < -0.39 is 0 Å². The fraction of sp³-hybridized carbons (Fsp3) is 0.217. The van der Waals surface area contributed by atoms with Gasteiger partial charge in [0.2, 0.25) is 5.91 Å². The molecule has 0 spiro atoms. The number of benzene rings is 2. The van der Waals surface area contributed by atoms with Gasteiger partial charge in [0.15, 0.2) is 5.69 Å². The van der Waals surface area contributed by atoms with Gasteiger partial charge in [0, 0.05) is 17.3 Å². The molecule has 0 radical (unpaired) electrons. The smallest absolute Gasteiger partial charge is 0.230 e. The molecular formula is C23H22ClN5O2. The number of anilines is 1. The average Bonchev–Trinajstić information content (AvgIpc) is 2.78. The molecule has 0 atom stereocenters. The summed E-state index contributed by atoms with van der Waals surface area (Å²) >= 11 is 6.39. The van der Waals surface area contributed by atoms with E-state index in [9.17, 15) is 4.79 Å². The predicted molar refractivity (Wildman–Crippen MR) is 119 cm³/mol. The minimum Gasteiger partial charge on any atom is -0.497 e. The van der Waals surface area contributed by atoms with Crippen LogP contribution in [-0.2, 0) is 24.2 Å². The number of methoxy groups -OCH3 is 1. The number of nitrogens with one attached hydrogen (secondary N) is 2. The molecule has 0 saturated carbocycles. The molecule has 31 heavy (non-hydrogen) atoms. The van der Waals surface area contributed by atoms with Gasteiger partial charge in [0.25, 0.3) is 0 Å². The van der Waals surface area contributed by atoms with Crippen molar-refractivity contribution in [1.29, 1.82) is 5.26 Å². The first kappa shape index (κ1) is 22.2. The Morgan fingerprint density at radius 2 is 1.97 bits per heavy atom. The molecule has 1 aromatic heterocycles. The van der Waals surface area contributed by atoms with E-state index in [0.717, 1.165) is 30.8 Å². The van der Waals surface area contributed by atoms with Crippen molar-refractivity contribution >= 4 is 23.2 Å². The quantitative estimate of drug-likeness (QED) is 0.499. The topological polar surface area (TPSA) is 99.9 Å². The monoisotopic (exact) mass is 435 g/mol. The molecule has 0 saturated heterocycles. The number of carbonyl (C=O) groups excluding carboxylic acids is 1. The van der Waals surface area contributed by atoms with Crippen LogP contribution in [0.3, 0.4) is 0 Å². The number of ether oxygens (including phenoxy) is 1. The first-order chi connectivity index (χ1) is 15.1. The van der Waals surface area contributed by atoms with Gasteiger partial charge in [-0.25, -0.2) is 4.98 Å². The molecule has 3 rings (SSSR count). The Bertz CT molecular complexity index is 1060. The summed E-state index contributed by atoms with van der Waals surface area (Å²) in [6, 6.07) is 15.3. The van der Waals surface area contributed by atoms with Crippen molar-refractivity contribution in [2.24, 2.45) is 0 Å². The molecule has 0 unspecified atom stereocenters. The molecule has 0 fully saturated rings. The highest BCUT2D eigenvalue weighted by molar-refractivity contribution is 6.31. The van der Waals surface area contributed by atoms with E-state index in [1.54, 1.807) is 13.2 Å². The number of halogens is 1. The summed E-state index contributed by atoms with van der Waals surface area (Å²) in [5.41, 5.74) is 3.50. The molecule has 8 heteroatoms. The molecule has 1 heterocycles. The Balaban J connectivity index is 1.46. The molecule has 2 N–H and O–H groups in total. The second kappa shape index (κ2) is 11.1. The number of hydrogen-bond acceptors (Lipinski definition) is 6. The number of carbonyl (C=O) groups is 1. The van der Waals surface area contributed by atoms with Gasteiger partial charge in [0.1, 0.15) is 11.8 Å². The minimum atomic E-state index is -0.232. The summed E-state index contributed by atoms with van der Waals surface area (Å²) in [7, 11) is 1.65. The van der Waals surface area contributed by atoms with E-state index in [4.69, 9.17) is 21.6 Å². The summed E-state index contributed by atoms with van der Waals surface area (Å²) in [6.45, 7) is 1.53. The highest BCUT2D eigenvalue weighted by Crippen LogP contribution is 2.21. The first-order valence-corrected chi connectivity index (χ1v) is 10.1. The van der Waals surface area contributed by atoms with Crippen LogP contribution in [0.25, 0.3) is 0 Å². The number of hydrogen-bond donors (Lipinski definition) is 2. The van der Waals surface area contributed by atoms with Crippen molar-refractivity contribution in [1.82, 2.24) is 15.3 Å². The van der Waals surface area contributed by atoms with Crippen LogP contribution in [-0.4, -0.2) is 29.5 Å². The Morgan fingerprint density at radius 3 is 2.61 bits per heavy atom. The molecule has 3 aromatic rings. The second-order valence-corrected chi connectivity index (χ2v) is 7.22. The zero-order chi connectivity index (χ0) is 22.1. The Labute approximate surface area is 186 Å². The van der Waals surface area contributed by atoms with Crippen LogP contribution in [0, 0.1) is 11.3 Å². The molecular weight excluding hydrogens is 414 g/mol. The molecule has 158 valence electrons. The van der Waals surface area contributed by atoms with Crippen LogP contribution in [0.4, 0.5) is 5.69 Å². The van der Waals surface area contributed by atoms with Gasteiger partial charge >= 0.3 is 0 Å². The number of nitrogens with zero attached hydrogens (tertiary/aromatic N) is 3. The van der Waals surface area contributed by atoms with Crippen LogP contribution in [0.5, 0.6) is 5.75 Å². The van der Waals surface area contributed by atoms with E-state index in [2.05, 4.69) is 20.6 Å². The van der Waals surface area contributed by atoms with Crippen LogP contribution in [0.2, 0.25) is 5.02 Å². The average molecular weight is 436 g/mol. The normalized spacial score (nSPS) is 10.4. The highest BCUT2D eigenvalue weighted by Gasteiger charge is 2.08. The summed E-state index contributed by atoms with van der Waals surface area (Å²) in [6.07, 6.45) is 3.60. The van der Waals surface area contributed by atoms with Crippen LogP contribution >= 0.6 is 11.6 Å². The Hall–Kier alpha value is -3.47. The van der Waals surface area contributed by atoms with E-state index in [-0.39, 0.29) is 18.0 Å². The summed E-state index contributed by atoms with van der Waals surface area (Å²) in [5.74, 6) is 0.608. The third-order valence-corrected chi connectivity index (χ3v) is 4.91. The number of amides is 1. The number of aromatic nitrogens is 2. The van der Waals surface area contributed by atoms with Gasteiger partial charge in [-0.1, -0.05) is 29.8 Å². The largest absolute Gasteiger partial charge is 0.497 e. The lowest BCUT2D eigenvalue weighted by Crippen LogP contribution is -2.17. The summed E-state index contributed by atoms with van der Waals surface area (Å²) < 4.78 is 5.16. The van der Waals surface area contributed by atoms with Crippen molar-refractivity contribution in [3.63, 3.8) is 0 Å². The van der Waals surface area contributed by atoms with Crippen molar-refractivity contribution in [3.05, 3.63) is 82.4 Å². The van der Waals surface area contributed by atoms with E-state index in [0.29, 0.717) is 16.4 Å². The molecule has 1 amide bonds. The zero-order valence-electron chi connectivity index (χ0n) is 17.1. The molecule has 7 nitrogen and oxygen atoms in total. The van der Waals surface area contributed by atoms with Crippen molar-refractivity contribution in [3.8, 4) is 11.8 Å². The Morgan fingerprint density at radius 1 is 1.16 bits per heavy atom. The fourth-order valence-electron chi connectivity index (χ4n) is 2.90. The highest BCUT2D eigenvalue weighted by atomic mass is 35.5. The SMILES string of the molecule is COc1ccc(CNCCc2ccc(NC(=O)Cc3cnc(C#N)cn3)cc2Cl)cc1. The van der Waals surface area contributed by atoms with Gasteiger partial charge in [-0.15, -0.1) is 0 Å². The lowest BCUT2D eigenvalue weighted by Gasteiger charge is -2.10. The molecule has 0 aliphatic rings. The maximum atomic E-state index is 12.2.